The van der Waals surface area contributed by atoms with Crippen LogP contribution in [-0.4, -0.2) is 0 Å². The highest BCUT2D eigenvalue weighted by Gasteiger charge is 2.24. The normalized spacial score (nSPS) is 12.1. The zero-order valence-corrected chi connectivity index (χ0v) is 30.0. The summed E-state index contributed by atoms with van der Waals surface area (Å²) in [5.41, 5.74) is 9.18. The molecule has 2 heteroatoms. The van der Waals surface area contributed by atoms with Crippen molar-refractivity contribution in [2.45, 2.75) is 0 Å². The zero-order chi connectivity index (χ0) is 35.3. The summed E-state index contributed by atoms with van der Waals surface area (Å²) in [6.45, 7) is 0. The molecule has 0 aliphatic carbocycles. The largest absolute Gasteiger partial charge is 0.455 e. The highest BCUT2D eigenvalue weighted by Crippen LogP contribution is 2.51. The Balaban J connectivity index is 1.18. The van der Waals surface area contributed by atoms with E-state index in [1.807, 2.05) is 11.3 Å². The van der Waals surface area contributed by atoms with Gasteiger partial charge in [0.25, 0.3) is 0 Å². The Morgan fingerprint density at radius 3 is 1.63 bits per heavy atom. The molecule has 0 saturated carbocycles. The molecular weight excluding hydrogens is 673 g/mol. The molecule has 0 atom stereocenters. The van der Waals surface area contributed by atoms with Gasteiger partial charge in [-0.25, -0.2) is 0 Å². The van der Waals surface area contributed by atoms with E-state index in [9.17, 15) is 0 Å². The summed E-state index contributed by atoms with van der Waals surface area (Å²) >= 11 is 1.87. The first-order valence-electron chi connectivity index (χ1n) is 18.5. The van der Waals surface area contributed by atoms with Crippen molar-refractivity contribution < 1.29 is 4.42 Å². The highest BCUT2D eigenvalue weighted by molar-refractivity contribution is 7.26. The molecule has 54 heavy (non-hydrogen) atoms. The topological polar surface area (TPSA) is 13.1 Å². The van der Waals surface area contributed by atoms with Gasteiger partial charge in [-0.05, 0) is 90.3 Å². The molecule has 0 saturated heterocycles. The zero-order valence-electron chi connectivity index (χ0n) is 29.1. The van der Waals surface area contributed by atoms with Crippen LogP contribution in [0.2, 0.25) is 0 Å². The Labute approximate surface area is 314 Å². The van der Waals surface area contributed by atoms with Crippen LogP contribution in [0.25, 0.3) is 119 Å². The Kier molecular flexibility index (Phi) is 6.28. The Morgan fingerprint density at radius 2 is 0.889 bits per heavy atom. The first-order valence-corrected chi connectivity index (χ1v) is 19.3. The molecule has 0 unspecified atom stereocenters. The van der Waals surface area contributed by atoms with Crippen LogP contribution in [0.4, 0.5) is 0 Å². The van der Waals surface area contributed by atoms with Crippen LogP contribution in [0, 0.1) is 0 Å². The van der Waals surface area contributed by atoms with E-state index in [0.717, 1.165) is 27.5 Å². The SMILES string of the molecule is c1ccc(-c2ccc3cc(-c4c5ccccc5c(-c5cc6sc7ccccc7c6c6c5oc5c7ccccc7ccc56)c5ccccc45)ccc3c2)cc1. The molecule has 0 fully saturated rings. The predicted octanol–water partition coefficient (Wildman–Crippen LogP) is 15.6. The number of hydrogen-bond donors (Lipinski definition) is 0. The molecule has 2 aromatic heterocycles. The van der Waals surface area contributed by atoms with Crippen LogP contribution in [0.3, 0.4) is 0 Å². The molecule has 0 radical (unpaired) electrons. The van der Waals surface area contributed by atoms with Gasteiger partial charge in [-0.1, -0.05) is 152 Å². The average Bonchev–Trinajstić information content (AvgIpc) is 3.81. The van der Waals surface area contributed by atoms with Crippen LogP contribution >= 0.6 is 11.3 Å². The number of furan rings is 1. The number of hydrogen-bond acceptors (Lipinski definition) is 2. The molecule has 10 aromatic carbocycles. The predicted molar refractivity (Wildman–Crippen MR) is 233 cm³/mol. The summed E-state index contributed by atoms with van der Waals surface area (Å²) in [6.07, 6.45) is 0. The molecule has 0 amide bonds. The van der Waals surface area contributed by atoms with E-state index in [0.29, 0.717) is 0 Å². The molecule has 0 bridgehead atoms. The number of fused-ring (bicyclic) bond motifs is 12. The van der Waals surface area contributed by atoms with E-state index in [1.54, 1.807) is 0 Å². The van der Waals surface area contributed by atoms with Gasteiger partial charge in [0, 0.05) is 47.5 Å². The summed E-state index contributed by atoms with van der Waals surface area (Å²) in [5.74, 6) is 0. The first-order chi connectivity index (χ1) is 26.8. The van der Waals surface area contributed by atoms with Gasteiger partial charge in [0.2, 0.25) is 0 Å². The lowest BCUT2D eigenvalue weighted by molar-refractivity contribution is 0.674. The molecule has 12 rings (SSSR count). The lowest BCUT2D eigenvalue weighted by Crippen LogP contribution is -1.91. The van der Waals surface area contributed by atoms with Crippen molar-refractivity contribution in [1.82, 2.24) is 0 Å². The van der Waals surface area contributed by atoms with Crippen LogP contribution in [0.5, 0.6) is 0 Å². The van der Waals surface area contributed by atoms with Crippen molar-refractivity contribution >= 4 is 96.5 Å². The fourth-order valence-electron chi connectivity index (χ4n) is 9.01. The van der Waals surface area contributed by atoms with Crippen LogP contribution in [-0.2, 0) is 0 Å². The van der Waals surface area contributed by atoms with Crippen molar-refractivity contribution in [1.29, 1.82) is 0 Å². The van der Waals surface area contributed by atoms with Crippen molar-refractivity contribution in [2.75, 3.05) is 0 Å². The fraction of sp³-hybridized carbons (Fsp3) is 0. The molecule has 0 aliphatic rings. The standard InChI is InChI=1S/C52H30OS/c1-2-12-31(13-3-1)33-22-23-35-29-36(25-24-34(35)28-33)47-38-16-6-8-18-40(38)48(41-19-9-7-17-39(41)47)44-30-46-49(42-20-10-11-21-45(42)54-46)50-43-27-26-32-14-4-5-15-37(32)51(43)53-52(44)50/h1-30H. The second-order valence-electron chi connectivity index (χ2n) is 14.3. The van der Waals surface area contributed by atoms with E-state index in [4.69, 9.17) is 4.42 Å². The van der Waals surface area contributed by atoms with Crippen LogP contribution < -0.4 is 0 Å². The first kappa shape index (κ1) is 29.8. The number of benzene rings is 10. The van der Waals surface area contributed by atoms with E-state index < -0.39 is 0 Å². The van der Waals surface area contributed by atoms with E-state index in [2.05, 4.69) is 182 Å². The molecule has 2 heterocycles. The van der Waals surface area contributed by atoms with Gasteiger partial charge in [-0.3, -0.25) is 0 Å². The monoisotopic (exact) mass is 702 g/mol. The Bertz CT molecular complexity index is 3440. The molecule has 0 aliphatic heterocycles. The summed E-state index contributed by atoms with van der Waals surface area (Å²) in [7, 11) is 0. The molecule has 1 nitrogen and oxygen atoms in total. The number of rotatable bonds is 3. The van der Waals surface area contributed by atoms with Gasteiger partial charge < -0.3 is 4.42 Å². The summed E-state index contributed by atoms with van der Waals surface area (Å²) in [5, 5.41) is 14.6. The van der Waals surface area contributed by atoms with Crippen LogP contribution in [0.1, 0.15) is 0 Å². The van der Waals surface area contributed by atoms with Crippen LogP contribution in [0.15, 0.2) is 186 Å². The third-order valence-corrected chi connectivity index (χ3v) is 12.5. The van der Waals surface area contributed by atoms with Crippen molar-refractivity contribution in [3.63, 3.8) is 0 Å². The molecule has 12 aromatic rings. The summed E-state index contributed by atoms with van der Waals surface area (Å²) in [4.78, 5) is 0. The lowest BCUT2D eigenvalue weighted by Gasteiger charge is -2.18. The summed E-state index contributed by atoms with van der Waals surface area (Å²) < 4.78 is 9.75. The van der Waals surface area contributed by atoms with Crippen molar-refractivity contribution in [2.24, 2.45) is 0 Å². The highest BCUT2D eigenvalue weighted by atomic mass is 32.1. The van der Waals surface area contributed by atoms with Gasteiger partial charge >= 0.3 is 0 Å². The van der Waals surface area contributed by atoms with Crippen molar-refractivity contribution in [3.8, 4) is 33.4 Å². The smallest absolute Gasteiger partial charge is 0.144 e. The van der Waals surface area contributed by atoms with Crippen molar-refractivity contribution in [3.05, 3.63) is 182 Å². The minimum absolute atomic E-state index is 0.945. The fourth-order valence-corrected chi connectivity index (χ4v) is 10.2. The van der Waals surface area contributed by atoms with Gasteiger partial charge in [-0.2, -0.15) is 0 Å². The maximum absolute atomic E-state index is 7.18. The second-order valence-corrected chi connectivity index (χ2v) is 15.4. The maximum Gasteiger partial charge on any atom is 0.144 e. The second kappa shape index (κ2) is 11.4. The summed E-state index contributed by atoms with van der Waals surface area (Å²) in [6, 6.07) is 66.6. The lowest BCUT2D eigenvalue weighted by atomic mass is 9.85. The van der Waals surface area contributed by atoms with Gasteiger partial charge in [0.05, 0.1) is 0 Å². The number of thiophene rings is 1. The average molecular weight is 703 g/mol. The van der Waals surface area contributed by atoms with Gasteiger partial charge in [0.15, 0.2) is 0 Å². The van der Waals surface area contributed by atoms with Gasteiger partial charge in [-0.15, -0.1) is 11.3 Å². The van der Waals surface area contributed by atoms with E-state index >= 15 is 0 Å². The molecule has 250 valence electrons. The molecule has 0 spiro atoms. The third kappa shape index (κ3) is 4.26. The minimum Gasteiger partial charge on any atom is -0.455 e. The molecular formula is C52H30OS. The van der Waals surface area contributed by atoms with E-state index in [-0.39, 0.29) is 0 Å². The molecule has 0 N–H and O–H groups in total. The third-order valence-electron chi connectivity index (χ3n) is 11.4. The maximum atomic E-state index is 7.18. The Hall–Kier alpha value is -6.74. The van der Waals surface area contributed by atoms with Gasteiger partial charge in [0.1, 0.15) is 11.2 Å². The minimum atomic E-state index is 0.945. The van der Waals surface area contributed by atoms with E-state index in [1.165, 1.54) is 91.1 Å². The quantitative estimate of drug-likeness (QED) is 0.167. The Morgan fingerprint density at radius 1 is 0.315 bits per heavy atom.